The van der Waals surface area contributed by atoms with Crippen molar-refractivity contribution in [2.75, 3.05) is 0 Å². The molecule has 0 amide bonds. The maximum Gasteiger partial charge on any atom is 0.452 e. The minimum Gasteiger partial charge on any atom is -0.480 e. The van der Waals surface area contributed by atoms with Crippen LogP contribution in [0.5, 0.6) is 0 Å². The highest BCUT2D eigenvalue weighted by atomic mass is 32.2. The Morgan fingerprint density at radius 2 is 1.88 bits per heavy atom. The Hall–Kier alpha value is -2.77. The Bertz CT molecular complexity index is 1300. The third-order valence-corrected chi connectivity index (χ3v) is 8.57. The summed E-state index contributed by atoms with van der Waals surface area (Å²) in [5.41, 5.74) is -2.77. The van der Waals surface area contributed by atoms with Crippen molar-refractivity contribution in [1.82, 2.24) is 9.88 Å². The second kappa shape index (κ2) is 7.12. The molecule has 7 nitrogen and oxygen atoms in total. The van der Waals surface area contributed by atoms with E-state index in [-0.39, 0.29) is 21.2 Å². The quantitative estimate of drug-likeness (QED) is 0.505. The van der Waals surface area contributed by atoms with Crippen molar-refractivity contribution in [3.63, 3.8) is 0 Å². The highest BCUT2D eigenvalue weighted by Crippen LogP contribution is 2.58. The first kappa shape index (κ1) is 22.4. The van der Waals surface area contributed by atoms with E-state index >= 15 is 0 Å². The first-order chi connectivity index (χ1) is 14.8. The first-order valence-electron chi connectivity index (χ1n) is 8.96. The molecule has 2 heterocycles. The van der Waals surface area contributed by atoms with Gasteiger partial charge in [0.05, 0.1) is 4.88 Å². The van der Waals surface area contributed by atoms with Crippen LogP contribution in [0.15, 0.2) is 51.2 Å². The van der Waals surface area contributed by atoms with Crippen LogP contribution in [0, 0.1) is 5.82 Å². The Labute approximate surface area is 182 Å². The number of carboxylic acids is 1. The van der Waals surface area contributed by atoms with Crippen molar-refractivity contribution in [3.05, 3.63) is 59.6 Å². The fraction of sp³-hybridized carbons (Fsp3) is 0.263. The van der Waals surface area contributed by atoms with Crippen LogP contribution < -0.4 is 4.72 Å². The third kappa shape index (κ3) is 3.59. The molecule has 2 N–H and O–H groups in total. The number of carbonyl (C=O) groups is 1. The van der Waals surface area contributed by atoms with E-state index in [1.807, 2.05) is 0 Å². The van der Waals surface area contributed by atoms with Crippen LogP contribution in [0.1, 0.15) is 24.7 Å². The van der Waals surface area contributed by atoms with E-state index in [2.05, 4.69) is 14.4 Å². The van der Waals surface area contributed by atoms with Gasteiger partial charge in [-0.2, -0.15) is 17.9 Å². The monoisotopic (exact) mass is 490 g/mol. The number of alkyl halides is 3. The number of hydrogen-bond donors (Lipinski definition) is 2. The van der Waals surface area contributed by atoms with E-state index in [1.165, 1.54) is 18.2 Å². The van der Waals surface area contributed by atoms with Crippen LogP contribution >= 0.6 is 11.3 Å². The molecular formula is C19H14F4N2O5S2. The molecule has 1 saturated carbocycles. The molecule has 0 aliphatic heterocycles. The number of nitrogens with zero attached hydrogens (tertiary/aromatic N) is 1. The van der Waals surface area contributed by atoms with E-state index in [9.17, 15) is 35.9 Å². The summed E-state index contributed by atoms with van der Waals surface area (Å²) in [6.07, 6.45) is -4.82. The molecule has 0 radical (unpaired) electrons. The standard InChI is InChI=1S/C19H14F4N2O5S2/c1-17(10-2-4-11(20)5-3-10)9-18(17,16(26)27)25-32(28,29)15-7-6-13(31-15)12-8-14(30-24-12)19(21,22)23/h2-8,25H,9H2,1H3,(H,26,27)/t17-,18-/m0/s1. The molecule has 4 rings (SSSR count). The van der Waals surface area contributed by atoms with Crippen LogP contribution in [-0.4, -0.2) is 30.2 Å². The maximum atomic E-state index is 13.2. The number of hydrogen-bond acceptors (Lipinski definition) is 6. The molecule has 0 saturated heterocycles. The zero-order valence-corrected chi connectivity index (χ0v) is 17.7. The number of nitrogens with one attached hydrogen (secondary N) is 1. The molecule has 3 aromatic rings. The molecular weight excluding hydrogens is 476 g/mol. The van der Waals surface area contributed by atoms with E-state index in [0.29, 0.717) is 23.0 Å². The number of thiophene rings is 1. The smallest absolute Gasteiger partial charge is 0.452 e. The van der Waals surface area contributed by atoms with Crippen molar-refractivity contribution >= 4 is 27.3 Å². The van der Waals surface area contributed by atoms with E-state index in [0.717, 1.165) is 18.2 Å². The van der Waals surface area contributed by atoms with Crippen molar-refractivity contribution in [3.8, 4) is 10.6 Å². The van der Waals surface area contributed by atoms with Gasteiger partial charge < -0.3 is 9.63 Å². The topological polar surface area (TPSA) is 110 Å². The second-order valence-corrected chi connectivity index (χ2v) is 10.5. The molecule has 1 aliphatic rings. The summed E-state index contributed by atoms with van der Waals surface area (Å²) in [4.78, 5) is 12.1. The zero-order chi connectivity index (χ0) is 23.5. The number of carboxylic acid groups (broad SMARTS) is 1. The molecule has 0 bridgehead atoms. The minimum absolute atomic E-state index is 0.0728. The molecule has 1 fully saturated rings. The molecule has 0 unspecified atom stereocenters. The Kier molecular flexibility index (Phi) is 4.99. The predicted molar refractivity (Wildman–Crippen MR) is 104 cm³/mol. The summed E-state index contributed by atoms with van der Waals surface area (Å²) in [7, 11) is -4.36. The van der Waals surface area contributed by atoms with Gasteiger partial charge in [0.1, 0.15) is 21.3 Å². The molecule has 13 heteroatoms. The fourth-order valence-electron chi connectivity index (χ4n) is 3.56. The fourth-order valence-corrected chi connectivity index (χ4v) is 6.28. The van der Waals surface area contributed by atoms with Gasteiger partial charge in [0.25, 0.3) is 10.0 Å². The lowest BCUT2D eigenvalue weighted by atomic mass is 9.93. The largest absolute Gasteiger partial charge is 0.480 e. The molecule has 170 valence electrons. The minimum atomic E-state index is -4.75. The average molecular weight is 490 g/mol. The van der Waals surface area contributed by atoms with Crippen LogP contribution in [0.25, 0.3) is 10.6 Å². The predicted octanol–water partition coefficient (Wildman–Crippen LogP) is 4.02. The number of benzene rings is 1. The van der Waals surface area contributed by atoms with Crippen molar-refractivity contribution in [1.29, 1.82) is 0 Å². The average Bonchev–Trinajstić information content (AvgIpc) is 3.13. The first-order valence-corrected chi connectivity index (χ1v) is 11.3. The molecule has 2 atom stereocenters. The molecule has 1 aliphatic carbocycles. The zero-order valence-electron chi connectivity index (χ0n) is 16.1. The van der Waals surface area contributed by atoms with Crippen molar-refractivity contribution in [2.24, 2.45) is 0 Å². The lowest BCUT2D eigenvalue weighted by Gasteiger charge is -2.20. The summed E-state index contributed by atoms with van der Waals surface area (Å²) in [5.74, 6) is -3.26. The number of rotatable bonds is 6. The summed E-state index contributed by atoms with van der Waals surface area (Å²) < 4.78 is 83.4. The van der Waals surface area contributed by atoms with Gasteiger partial charge in [-0.1, -0.05) is 24.2 Å². The SMILES string of the molecule is C[C@@]1(c2ccc(F)cc2)C[C@]1(NS(=O)(=O)c1ccc(-c2cc(C(F)(F)F)on2)s1)C(=O)O. The molecule has 2 aromatic heterocycles. The highest BCUT2D eigenvalue weighted by Gasteiger charge is 2.72. The second-order valence-electron chi connectivity index (χ2n) is 7.52. The number of aliphatic carboxylic acids is 1. The number of halogens is 4. The third-order valence-electron chi connectivity index (χ3n) is 5.48. The number of sulfonamides is 1. The van der Waals surface area contributed by atoms with Crippen LogP contribution in [-0.2, 0) is 26.4 Å². The Morgan fingerprint density at radius 3 is 2.44 bits per heavy atom. The van der Waals surface area contributed by atoms with Gasteiger partial charge >= 0.3 is 12.1 Å². The number of aromatic nitrogens is 1. The van der Waals surface area contributed by atoms with Gasteiger partial charge in [0, 0.05) is 11.5 Å². The molecule has 1 aromatic carbocycles. The van der Waals surface area contributed by atoms with E-state index in [1.54, 1.807) is 6.92 Å². The van der Waals surface area contributed by atoms with Gasteiger partial charge in [-0.15, -0.1) is 11.3 Å². The Morgan fingerprint density at radius 1 is 1.22 bits per heavy atom. The van der Waals surface area contributed by atoms with E-state index < -0.39 is 44.7 Å². The highest BCUT2D eigenvalue weighted by molar-refractivity contribution is 7.91. The lowest BCUT2D eigenvalue weighted by molar-refractivity contribution is -0.155. The summed E-state index contributed by atoms with van der Waals surface area (Å²) in [6.45, 7) is 1.55. The lowest BCUT2D eigenvalue weighted by Crippen LogP contribution is -2.47. The summed E-state index contributed by atoms with van der Waals surface area (Å²) in [5, 5.41) is 13.1. The van der Waals surface area contributed by atoms with Gasteiger partial charge in [0.15, 0.2) is 0 Å². The van der Waals surface area contributed by atoms with E-state index in [4.69, 9.17) is 0 Å². The Balaban J connectivity index is 1.62. The van der Waals surface area contributed by atoms with Crippen LogP contribution in [0.3, 0.4) is 0 Å². The van der Waals surface area contributed by atoms with Crippen molar-refractivity contribution in [2.45, 2.75) is 34.7 Å². The summed E-state index contributed by atoms with van der Waals surface area (Å²) in [6, 6.07) is 8.10. The van der Waals surface area contributed by atoms with Crippen LogP contribution in [0.2, 0.25) is 0 Å². The molecule has 32 heavy (non-hydrogen) atoms. The normalized spacial score (nSPS) is 23.3. The summed E-state index contributed by atoms with van der Waals surface area (Å²) >= 11 is 0.612. The maximum absolute atomic E-state index is 13.2. The van der Waals surface area contributed by atoms with Crippen molar-refractivity contribution < 1.29 is 40.4 Å². The molecule has 0 spiro atoms. The van der Waals surface area contributed by atoms with Gasteiger partial charge in [0.2, 0.25) is 5.76 Å². The van der Waals surface area contributed by atoms with Gasteiger partial charge in [-0.3, -0.25) is 4.79 Å². The van der Waals surface area contributed by atoms with Gasteiger partial charge in [-0.25, -0.2) is 12.8 Å². The van der Waals surface area contributed by atoms with Gasteiger partial charge in [-0.05, 0) is 36.2 Å². The van der Waals surface area contributed by atoms with Crippen LogP contribution in [0.4, 0.5) is 17.6 Å².